The molecule has 0 radical (unpaired) electrons. The number of aliphatic imine (C=N–C) groups is 1. The van der Waals surface area contributed by atoms with Crippen molar-refractivity contribution in [2.45, 2.75) is 6.92 Å². The number of methoxy groups -OCH3 is 1. The molecule has 0 fully saturated rings. The smallest absolute Gasteiger partial charge is 0.343 e. The Kier molecular flexibility index (Phi) is 4.59. The number of aliphatic hydroxyl groups is 1. The zero-order chi connectivity index (χ0) is 13.7. The molecule has 0 unspecified atom stereocenters. The zero-order valence-electron chi connectivity index (χ0n) is 10.4. The first-order chi connectivity index (χ1) is 8.51. The van der Waals surface area contributed by atoms with Crippen LogP contribution in [0.5, 0.6) is 0 Å². The zero-order valence-corrected chi connectivity index (χ0v) is 10.4. The van der Waals surface area contributed by atoms with Crippen molar-refractivity contribution >= 4 is 11.7 Å². The van der Waals surface area contributed by atoms with E-state index in [1.54, 1.807) is 0 Å². The lowest BCUT2D eigenvalue weighted by atomic mass is 10.0. The maximum atomic E-state index is 12.8. The molecule has 0 spiro atoms. The number of carbonyl (C=O) groups is 1. The van der Waals surface area contributed by atoms with Gasteiger partial charge in [-0.05, 0) is 31.2 Å². The Bertz CT molecular complexity index is 499. The second kappa shape index (κ2) is 5.95. The lowest BCUT2D eigenvalue weighted by molar-refractivity contribution is -0.135. The number of benzene rings is 1. The van der Waals surface area contributed by atoms with Crippen LogP contribution in [0.25, 0.3) is 0 Å². The van der Waals surface area contributed by atoms with Crippen molar-refractivity contribution in [1.29, 1.82) is 0 Å². The number of aliphatic hydroxyl groups excluding tert-OH is 1. The summed E-state index contributed by atoms with van der Waals surface area (Å²) in [6.45, 7) is 1.36. The molecular formula is C13H14FNO3. The summed E-state index contributed by atoms with van der Waals surface area (Å²) >= 11 is 0. The van der Waals surface area contributed by atoms with Gasteiger partial charge in [-0.15, -0.1) is 0 Å². The number of esters is 1. The highest BCUT2D eigenvalue weighted by Gasteiger charge is 2.21. The first-order valence-electron chi connectivity index (χ1n) is 5.22. The van der Waals surface area contributed by atoms with E-state index in [0.717, 1.165) is 0 Å². The maximum absolute atomic E-state index is 12.8. The third kappa shape index (κ3) is 2.94. The molecule has 4 nitrogen and oxygen atoms in total. The largest absolute Gasteiger partial charge is 0.512 e. The van der Waals surface area contributed by atoms with Crippen molar-refractivity contribution in [3.63, 3.8) is 0 Å². The highest BCUT2D eigenvalue weighted by Crippen LogP contribution is 2.15. The van der Waals surface area contributed by atoms with Crippen LogP contribution in [0, 0.1) is 5.82 Å². The van der Waals surface area contributed by atoms with Crippen molar-refractivity contribution in [2.24, 2.45) is 4.99 Å². The molecule has 0 aliphatic heterocycles. The van der Waals surface area contributed by atoms with Crippen LogP contribution in [0.4, 0.5) is 4.39 Å². The van der Waals surface area contributed by atoms with Gasteiger partial charge in [-0.3, -0.25) is 4.99 Å². The number of hydrogen-bond donors (Lipinski definition) is 1. The molecule has 0 aliphatic carbocycles. The number of allylic oxidation sites excluding steroid dienone is 1. The summed E-state index contributed by atoms with van der Waals surface area (Å²) in [5.41, 5.74) is 0.737. The number of nitrogens with zero attached hydrogens (tertiary/aromatic N) is 1. The van der Waals surface area contributed by atoms with Gasteiger partial charge in [-0.2, -0.15) is 0 Å². The van der Waals surface area contributed by atoms with E-state index in [9.17, 15) is 14.3 Å². The Morgan fingerprint density at radius 3 is 2.28 bits per heavy atom. The molecule has 0 aromatic heterocycles. The second-order valence-electron chi connectivity index (χ2n) is 3.53. The molecule has 5 heteroatoms. The van der Waals surface area contributed by atoms with Crippen molar-refractivity contribution < 1.29 is 19.0 Å². The van der Waals surface area contributed by atoms with E-state index in [2.05, 4.69) is 9.73 Å². The third-order valence-electron chi connectivity index (χ3n) is 2.33. The first-order valence-corrected chi connectivity index (χ1v) is 5.22. The summed E-state index contributed by atoms with van der Waals surface area (Å²) in [4.78, 5) is 15.6. The van der Waals surface area contributed by atoms with E-state index < -0.39 is 11.8 Å². The average Bonchev–Trinajstić information content (AvgIpc) is 2.35. The number of halogens is 1. The second-order valence-corrected chi connectivity index (χ2v) is 3.53. The van der Waals surface area contributed by atoms with Crippen LogP contribution in [0.2, 0.25) is 0 Å². The minimum atomic E-state index is -0.695. The Balaban J connectivity index is 3.30. The van der Waals surface area contributed by atoms with Gasteiger partial charge < -0.3 is 9.84 Å². The van der Waals surface area contributed by atoms with Crippen molar-refractivity contribution in [3.05, 3.63) is 47.0 Å². The predicted octanol–water partition coefficient (Wildman–Crippen LogP) is 2.25. The fraction of sp³-hybridized carbons (Fsp3) is 0.231. The molecule has 1 aromatic carbocycles. The first kappa shape index (κ1) is 13.9. The molecule has 0 atom stereocenters. The Labute approximate surface area is 104 Å². The Morgan fingerprint density at radius 1 is 1.33 bits per heavy atom. The van der Waals surface area contributed by atoms with Gasteiger partial charge in [0.15, 0.2) is 0 Å². The van der Waals surface area contributed by atoms with Crippen LogP contribution in [-0.2, 0) is 9.53 Å². The molecule has 0 amide bonds. The van der Waals surface area contributed by atoms with Gasteiger partial charge in [0.05, 0.1) is 12.8 Å². The lowest BCUT2D eigenvalue weighted by Crippen LogP contribution is -2.17. The summed E-state index contributed by atoms with van der Waals surface area (Å²) in [6, 6.07) is 5.46. The van der Waals surface area contributed by atoms with Crippen LogP contribution < -0.4 is 0 Å². The quantitative estimate of drug-likeness (QED) is 0.388. The fourth-order valence-corrected chi connectivity index (χ4v) is 1.51. The van der Waals surface area contributed by atoms with Crippen molar-refractivity contribution in [1.82, 2.24) is 0 Å². The SMILES string of the molecule is CN=C(/C(C(=O)OC)=C(/C)O)c1ccc(F)cc1. The molecule has 18 heavy (non-hydrogen) atoms. The topological polar surface area (TPSA) is 58.9 Å². The van der Waals surface area contributed by atoms with Gasteiger partial charge in [0, 0.05) is 12.6 Å². The maximum Gasteiger partial charge on any atom is 0.343 e. The van der Waals surface area contributed by atoms with E-state index in [0.29, 0.717) is 5.56 Å². The number of carbonyl (C=O) groups excluding carboxylic acids is 1. The van der Waals surface area contributed by atoms with Crippen LogP contribution >= 0.6 is 0 Å². The highest BCUT2D eigenvalue weighted by molar-refractivity contribution is 6.26. The van der Waals surface area contributed by atoms with Gasteiger partial charge in [-0.25, -0.2) is 9.18 Å². The number of ether oxygens (including phenoxy) is 1. The normalized spacial score (nSPS) is 13.0. The average molecular weight is 251 g/mol. The summed E-state index contributed by atoms with van der Waals surface area (Å²) in [7, 11) is 2.69. The summed E-state index contributed by atoms with van der Waals surface area (Å²) < 4.78 is 17.4. The Hall–Kier alpha value is -2.17. The molecule has 1 aromatic rings. The molecular weight excluding hydrogens is 237 g/mol. The van der Waals surface area contributed by atoms with E-state index in [4.69, 9.17) is 0 Å². The molecule has 96 valence electrons. The highest BCUT2D eigenvalue weighted by atomic mass is 19.1. The molecule has 0 saturated carbocycles. The minimum absolute atomic E-state index is 0.0355. The molecule has 1 rings (SSSR count). The van der Waals surface area contributed by atoms with E-state index in [-0.39, 0.29) is 17.0 Å². The van der Waals surface area contributed by atoms with Gasteiger partial charge in [0.2, 0.25) is 0 Å². The van der Waals surface area contributed by atoms with Crippen LogP contribution in [0.1, 0.15) is 12.5 Å². The predicted molar refractivity (Wildman–Crippen MR) is 66.2 cm³/mol. The fourth-order valence-electron chi connectivity index (χ4n) is 1.51. The van der Waals surface area contributed by atoms with Gasteiger partial charge >= 0.3 is 5.97 Å². The molecule has 0 saturated heterocycles. The van der Waals surface area contributed by atoms with E-state index >= 15 is 0 Å². The molecule has 0 aliphatic rings. The molecule has 0 heterocycles. The van der Waals surface area contributed by atoms with Crippen molar-refractivity contribution in [3.8, 4) is 0 Å². The van der Waals surface area contributed by atoms with Crippen molar-refractivity contribution in [2.75, 3.05) is 14.2 Å². The minimum Gasteiger partial charge on any atom is -0.512 e. The number of hydrogen-bond acceptors (Lipinski definition) is 4. The Morgan fingerprint density at radius 2 is 1.89 bits per heavy atom. The summed E-state index contributed by atoms with van der Waals surface area (Å²) in [5, 5.41) is 9.55. The van der Waals surface area contributed by atoms with Gasteiger partial charge in [0.1, 0.15) is 17.1 Å². The molecule has 0 bridgehead atoms. The third-order valence-corrected chi connectivity index (χ3v) is 2.33. The van der Waals surface area contributed by atoms with E-state index in [1.165, 1.54) is 45.3 Å². The number of rotatable bonds is 3. The molecule has 1 N–H and O–H groups in total. The van der Waals surface area contributed by atoms with Crippen LogP contribution in [0.3, 0.4) is 0 Å². The lowest BCUT2D eigenvalue weighted by Gasteiger charge is -2.10. The van der Waals surface area contributed by atoms with E-state index in [1.807, 2.05) is 0 Å². The summed E-state index contributed by atoms with van der Waals surface area (Å²) in [6.07, 6.45) is 0. The standard InChI is InChI=1S/C13H14FNO3/c1-8(16)11(13(17)18-3)12(15-2)9-4-6-10(14)7-5-9/h4-7,16H,1-3H3/b11-8+,15-12?. The van der Waals surface area contributed by atoms with Crippen LogP contribution in [-0.4, -0.2) is 30.9 Å². The van der Waals surface area contributed by atoms with Crippen LogP contribution in [0.15, 0.2) is 40.6 Å². The van der Waals surface area contributed by atoms with Gasteiger partial charge in [-0.1, -0.05) is 0 Å². The van der Waals surface area contributed by atoms with Gasteiger partial charge in [0.25, 0.3) is 0 Å². The summed E-state index contributed by atoms with van der Waals surface area (Å²) in [5.74, 6) is -1.29. The monoisotopic (exact) mass is 251 g/mol.